The Bertz CT molecular complexity index is 611. The lowest BCUT2D eigenvalue weighted by molar-refractivity contribution is 0.173. The van der Waals surface area contributed by atoms with Gasteiger partial charge in [0.15, 0.2) is 11.6 Å². The van der Waals surface area contributed by atoms with Crippen molar-refractivity contribution in [3.8, 4) is 0 Å². The van der Waals surface area contributed by atoms with Crippen molar-refractivity contribution >= 4 is 0 Å². The molecule has 118 valence electrons. The van der Waals surface area contributed by atoms with Crippen molar-refractivity contribution in [1.82, 2.24) is 5.32 Å². The fraction of sp³-hybridized carbons (Fsp3) is 0.333. The number of hydrogen-bond donors (Lipinski definition) is 2. The van der Waals surface area contributed by atoms with Crippen molar-refractivity contribution < 1.29 is 13.9 Å². The maximum Gasteiger partial charge on any atom is 0.159 e. The summed E-state index contributed by atoms with van der Waals surface area (Å²) in [6, 6.07) is 11.7. The first-order valence-electron chi connectivity index (χ1n) is 7.40. The van der Waals surface area contributed by atoms with Gasteiger partial charge in [0.05, 0.1) is 6.10 Å². The van der Waals surface area contributed by atoms with Gasteiger partial charge in [-0.3, -0.25) is 0 Å². The van der Waals surface area contributed by atoms with Crippen LogP contribution in [0.2, 0.25) is 0 Å². The van der Waals surface area contributed by atoms with Crippen molar-refractivity contribution in [1.29, 1.82) is 0 Å². The van der Waals surface area contributed by atoms with Crippen LogP contribution in [0.3, 0.4) is 0 Å². The molecule has 2 rings (SSSR count). The van der Waals surface area contributed by atoms with Crippen LogP contribution in [-0.4, -0.2) is 11.7 Å². The Kier molecular flexibility index (Phi) is 5.63. The Morgan fingerprint density at radius 1 is 0.955 bits per heavy atom. The summed E-state index contributed by atoms with van der Waals surface area (Å²) in [6.45, 7) is 5.17. The third-order valence-corrected chi connectivity index (χ3v) is 3.64. The fourth-order valence-electron chi connectivity index (χ4n) is 2.21. The smallest absolute Gasteiger partial charge is 0.159 e. The second kappa shape index (κ2) is 7.47. The largest absolute Gasteiger partial charge is 0.387 e. The standard InChI is InChI=1S/C18H21F2NO/c1-12(2)14-5-3-13(4-6-14)10-21-11-18(22)15-7-8-16(19)17(20)9-15/h3-9,12,18,21-22H,10-11H2,1-2H3. The molecule has 0 aliphatic rings. The molecule has 1 unspecified atom stereocenters. The van der Waals surface area contributed by atoms with E-state index in [0.717, 1.165) is 17.7 Å². The molecule has 1 atom stereocenters. The van der Waals surface area contributed by atoms with Gasteiger partial charge < -0.3 is 10.4 Å². The van der Waals surface area contributed by atoms with Crippen molar-refractivity contribution in [2.75, 3.05) is 6.54 Å². The molecular formula is C18H21F2NO. The summed E-state index contributed by atoms with van der Waals surface area (Å²) < 4.78 is 26.0. The van der Waals surface area contributed by atoms with Gasteiger partial charge >= 0.3 is 0 Å². The van der Waals surface area contributed by atoms with Gasteiger partial charge in [-0.05, 0) is 34.7 Å². The molecule has 0 aliphatic heterocycles. The predicted octanol–water partition coefficient (Wildman–Crippen LogP) is 3.91. The highest BCUT2D eigenvalue weighted by molar-refractivity contribution is 5.25. The Labute approximate surface area is 129 Å². The summed E-state index contributed by atoms with van der Waals surface area (Å²) in [5.41, 5.74) is 2.76. The Morgan fingerprint density at radius 2 is 1.59 bits per heavy atom. The molecule has 0 fully saturated rings. The third-order valence-electron chi connectivity index (χ3n) is 3.64. The summed E-state index contributed by atoms with van der Waals surface area (Å²) >= 11 is 0. The molecule has 0 radical (unpaired) electrons. The summed E-state index contributed by atoms with van der Waals surface area (Å²) in [7, 11) is 0. The molecule has 0 amide bonds. The normalized spacial score (nSPS) is 12.6. The number of benzene rings is 2. The van der Waals surface area contributed by atoms with E-state index in [4.69, 9.17) is 0 Å². The molecule has 2 N–H and O–H groups in total. The van der Waals surface area contributed by atoms with Crippen LogP contribution in [0.4, 0.5) is 8.78 Å². The zero-order valence-electron chi connectivity index (χ0n) is 12.8. The molecule has 0 saturated heterocycles. The van der Waals surface area contributed by atoms with Crippen LogP contribution in [-0.2, 0) is 6.54 Å². The molecule has 0 aromatic heterocycles. The van der Waals surface area contributed by atoms with Crippen LogP contribution < -0.4 is 5.32 Å². The van der Waals surface area contributed by atoms with Crippen molar-refractivity contribution in [2.24, 2.45) is 0 Å². The van der Waals surface area contributed by atoms with E-state index in [0.29, 0.717) is 18.0 Å². The summed E-state index contributed by atoms with van der Waals surface area (Å²) in [5.74, 6) is -1.35. The van der Waals surface area contributed by atoms with E-state index in [1.165, 1.54) is 11.6 Å². The van der Waals surface area contributed by atoms with Gasteiger partial charge in [0.2, 0.25) is 0 Å². The van der Waals surface area contributed by atoms with Gasteiger partial charge in [0, 0.05) is 13.1 Å². The van der Waals surface area contributed by atoms with Crippen LogP contribution in [0, 0.1) is 11.6 Å². The first-order chi connectivity index (χ1) is 10.5. The molecule has 0 heterocycles. The molecule has 0 spiro atoms. The first kappa shape index (κ1) is 16.6. The maximum absolute atomic E-state index is 13.1. The first-order valence-corrected chi connectivity index (χ1v) is 7.40. The zero-order chi connectivity index (χ0) is 16.1. The summed E-state index contributed by atoms with van der Waals surface area (Å²) in [5, 5.41) is 13.1. The van der Waals surface area contributed by atoms with Gasteiger partial charge in [0.25, 0.3) is 0 Å². The lowest BCUT2D eigenvalue weighted by atomic mass is 10.0. The molecule has 2 nitrogen and oxygen atoms in total. The number of aliphatic hydroxyl groups is 1. The number of halogens is 2. The highest BCUT2D eigenvalue weighted by Gasteiger charge is 2.10. The second-order valence-electron chi connectivity index (χ2n) is 5.72. The molecule has 4 heteroatoms. The van der Waals surface area contributed by atoms with Crippen LogP contribution in [0.1, 0.15) is 42.6 Å². The Balaban J connectivity index is 1.86. The monoisotopic (exact) mass is 305 g/mol. The molecule has 2 aromatic rings. The third kappa shape index (κ3) is 4.36. The zero-order valence-corrected chi connectivity index (χ0v) is 12.8. The van der Waals surface area contributed by atoms with Gasteiger partial charge in [0.1, 0.15) is 0 Å². The van der Waals surface area contributed by atoms with Crippen LogP contribution >= 0.6 is 0 Å². The highest BCUT2D eigenvalue weighted by atomic mass is 19.2. The maximum atomic E-state index is 13.1. The van der Waals surface area contributed by atoms with Gasteiger partial charge in [-0.15, -0.1) is 0 Å². The average Bonchev–Trinajstić information content (AvgIpc) is 2.50. The molecule has 2 aromatic carbocycles. The Morgan fingerprint density at radius 3 is 2.18 bits per heavy atom. The average molecular weight is 305 g/mol. The van der Waals surface area contributed by atoms with Crippen LogP contribution in [0.15, 0.2) is 42.5 Å². The SMILES string of the molecule is CC(C)c1ccc(CNCC(O)c2ccc(F)c(F)c2)cc1. The quantitative estimate of drug-likeness (QED) is 0.848. The number of aliphatic hydroxyl groups excluding tert-OH is 1. The van der Waals surface area contributed by atoms with Gasteiger partial charge in [-0.25, -0.2) is 8.78 Å². The fourth-order valence-corrected chi connectivity index (χ4v) is 2.21. The van der Waals surface area contributed by atoms with E-state index in [2.05, 4.69) is 31.3 Å². The lowest BCUT2D eigenvalue weighted by Crippen LogP contribution is -2.21. The number of nitrogens with one attached hydrogen (secondary N) is 1. The van der Waals surface area contributed by atoms with E-state index < -0.39 is 17.7 Å². The van der Waals surface area contributed by atoms with E-state index in [1.807, 2.05) is 12.1 Å². The minimum atomic E-state index is -0.944. The molecule has 0 bridgehead atoms. The van der Waals surface area contributed by atoms with Gasteiger partial charge in [-0.1, -0.05) is 44.2 Å². The van der Waals surface area contributed by atoms with E-state index in [9.17, 15) is 13.9 Å². The minimum Gasteiger partial charge on any atom is -0.387 e. The van der Waals surface area contributed by atoms with Crippen molar-refractivity contribution in [2.45, 2.75) is 32.4 Å². The molecule has 22 heavy (non-hydrogen) atoms. The number of hydrogen-bond acceptors (Lipinski definition) is 2. The topological polar surface area (TPSA) is 32.3 Å². The number of rotatable bonds is 6. The van der Waals surface area contributed by atoms with Crippen LogP contribution in [0.5, 0.6) is 0 Å². The minimum absolute atomic E-state index is 0.275. The van der Waals surface area contributed by atoms with Crippen molar-refractivity contribution in [3.63, 3.8) is 0 Å². The highest BCUT2D eigenvalue weighted by Crippen LogP contribution is 2.17. The second-order valence-corrected chi connectivity index (χ2v) is 5.72. The van der Waals surface area contributed by atoms with E-state index in [-0.39, 0.29) is 6.54 Å². The van der Waals surface area contributed by atoms with Gasteiger partial charge in [-0.2, -0.15) is 0 Å². The lowest BCUT2D eigenvalue weighted by Gasteiger charge is -2.13. The Hall–Kier alpha value is -1.78. The summed E-state index contributed by atoms with van der Waals surface area (Å²) in [4.78, 5) is 0. The molecular weight excluding hydrogens is 284 g/mol. The van der Waals surface area contributed by atoms with E-state index >= 15 is 0 Å². The van der Waals surface area contributed by atoms with E-state index in [1.54, 1.807) is 0 Å². The summed E-state index contributed by atoms with van der Waals surface area (Å²) in [6.07, 6.45) is -0.870. The van der Waals surface area contributed by atoms with Crippen molar-refractivity contribution in [3.05, 3.63) is 70.8 Å². The molecule has 0 aliphatic carbocycles. The predicted molar refractivity (Wildman–Crippen MR) is 83.6 cm³/mol. The molecule has 0 saturated carbocycles. The van der Waals surface area contributed by atoms with Crippen LogP contribution in [0.25, 0.3) is 0 Å².